The average molecular weight is 629 g/mol. The molecule has 2 aromatic rings. The molecular formula is C31H40N4O8S. The number of phenols is 1. The van der Waals surface area contributed by atoms with E-state index in [2.05, 4.69) is 10.6 Å². The molecule has 44 heavy (non-hydrogen) atoms. The van der Waals surface area contributed by atoms with E-state index in [0.717, 1.165) is 10.6 Å². The molecule has 12 nitrogen and oxygen atoms in total. The van der Waals surface area contributed by atoms with Crippen molar-refractivity contribution in [3.63, 3.8) is 0 Å². The Hall–Kier alpha value is -4.13. The number of aromatic hydroxyl groups is 1. The van der Waals surface area contributed by atoms with Gasteiger partial charge in [-0.25, -0.2) is 0 Å². The number of carbonyl (C=O) groups is 4. The van der Waals surface area contributed by atoms with Gasteiger partial charge in [0, 0.05) is 61.9 Å². The average Bonchev–Trinajstić information content (AvgIpc) is 3.01. The Kier molecular flexibility index (Phi) is 12.0. The predicted molar refractivity (Wildman–Crippen MR) is 164 cm³/mol. The summed E-state index contributed by atoms with van der Waals surface area (Å²) in [6.45, 7) is 4.02. The fourth-order valence-electron chi connectivity index (χ4n) is 4.85. The lowest BCUT2D eigenvalue weighted by molar-refractivity contribution is -0.135. The topological polar surface area (TPSA) is 147 Å². The number of ether oxygens (including phenoxy) is 3. The van der Waals surface area contributed by atoms with Crippen LogP contribution in [0, 0.1) is 0 Å². The van der Waals surface area contributed by atoms with Crippen LogP contribution in [0.2, 0.25) is 0 Å². The third kappa shape index (κ3) is 9.69. The van der Waals surface area contributed by atoms with Crippen molar-refractivity contribution in [2.75, 3.05) is 58.8 Å². The molecule has 4 rings (SSSR count). The van der Waals surface area contributed by atoms with E-state index in [0.29, 0.717) is 76.6 Å². The summed E-state index contributed by atoms with van der Waals surface area (Å²) in [5.74, 6) is 0.824. The number of carbonyl (C=O) groups excluding carboxylic acids is 4. The van der Waals surface area contributed by atoms with Gasteiger partial charge in [-0.1, -0.05) is 0 Å². The highest BCUT2D eigenvalue weighted by atomic mass is 32.2. The minimum atomic E-state index is -0.767. The number of nitrogens with zero attached hydrogens (tertiary/aromatic N) is 2. The molecule has 0 saturated carbocycles. The molecule has 238 valence electrons. The second-order valence-electron chi connectivity index (χ2n) is 10.7. The van der Waals surface area contributed by atoms with Crippen LogP contribution < -0.4 is 24.8 Å². The molecule has 0 aliphatic carbocycles. The molecule has 2 aliphatic rings. The van der Waals surface area contributed by atoms with E-state index >= 15 is 0 Å². The monoisotopic (exact) mass is 628 g/mol. The van der Waals surface area contributed by atoms with Crippen molar-refractivity contribution in [3.8, 4) is 23.0 Å². The van der Waals surface area contributed by atoms with Gasteiger partial charge in [0.05, 0.1) is 0 Å². The molecule has 3 N–H and O–H groups in total. The lowest BCUT2D eigenvalue weighted by Gasteiger charge is -2.25. The SMILES string of the molecule is C[C@@H]1NC(=O)COc2cc(O)cc(c2)C(=O)NCCCN(C(=O)CCSc2ccc3c(c2)OCCO3)CCCCN(C)C1=O. The molecule has 0 unspecified atom stereocenters. The van der Waals surface area contributed by atoms with Gasteiger partial charge in [-0.2, -0.15) is 0 Å². The van der Waals surface area contributed by atoms with E-state index in [1.165, 1.54) is 18.2 Å². The maximum absolute atomic E-state index is 13.3. The lowest BCUT2D eigenvalue weighted by Crippen LogP contribution is -2.47. The summed E-state index contributed by atoms with van der Waals surface area (Å²) in [5, 5.41) is 15.5. The van der Waals surface area contributed by atoms with Crippen molar-refractivity contribution in [1.82, 2.24) is 20.4 Å². The van der Waals surface area contributed by atoms with Crippen LogP contribution in [0.15, 0.2) is 41.3 Å². The van der Waals surface area contributed by atoms with Crippen LogP contribution in [-0.4, -0.2) is 103 Å². The normalized spacial score (nSPS) is 19.0. The number of amides is 4. The number of nitrogens with one attached hydrogen (secondary N) is 2. The van der Waals surface area contributed by atoms with Crippen LogP contribution in [0.3, 0.4) is 0 Å². The van der Waals surface area contributed by atoms with Crippen molar-refractivity contribution >= 4 is 35.4 Å². The first kappa shape index (κ1) is 32.8. The van der Waals surface area contributed by atoms with Gasteiger partial charge in [-0.05, 0) is 56.5 Å². The second-order valence-corrected chi connectivity index (χ2v) is 11.8. The zero-order chi connectivity index (χ0) is 31.5. The van der Waals surface area contributed by atoms with Gasteiger partial charge in [0.15, 0.2) is 18.1 Å². The molecule has 0 radical (unpaired) electrons. The molecule has 0 fully saturated rings. The number of rotatable bonds is 4. The van der Waals surface area contributed by atoms with E-state index in [1.54, 1.807) is 35.5 Å². The molecule has 2 bridgehead atoms. The Bertz CT molecular complexity index is 1340. The Balaban J connectivity index is 1.38. The van der Waals surface area contributed by atoms with Crippen LogP contribution in [0.1, 0.15) is 43.0 Å². The van der Waals surface area contributed by atoms with Gasteiger partial charge in [0.2, 0.25) is 11.8 Å². The van der Waals surface area contributed by atoms with Gasteiger partial charge in [-0.3, -0.25) is 19.2 Å². The van der Waals surface area contributed by atoms with Gasteiger partial charge in [0.1, 0.15) is 30.8 Å². The third-order valence-corrected chi connectivity index (χ3v) is 8.16. The number of thioether (sulfide) groups is 1. The molecule has 2 aromatic carbocycles. The smallest absolute Gasteiger partial charge is 0.258 e. The zero-order valence-corrected chi connectivity index (χ0v) is 26.0. The van der Waals surface area contributed by atoms with Crippen molar-refractivity contribution in [3.05, 3.63) is 42.0 Å². The summed E-state index contributed by atoms with van der Waals surface area (Å²) in [4.78, 5) is 55.6. The van der Waals surface area contributed by atoms with Gasteiger partial charge >= 0.3 is 0 Å². The minimum Gasteiger partial charge on any atom is -0.508 e. The number of phenolic OH excluding ortho intramolecular Hbond substituents is 1. The summed E-state index contributed by atoms with van der Waals surface area (Å²) < 4.78 is 16.7. The van der Waals surface area contributed by atoms with Crippen LogP contribution in [0.4, 0.5) is 0 Å². The highest BCUT2D eigenvalue weighted by molar-refractivity contribution is 7.99. The number of likely N-dealkylation sites (N-methyl/N-ethyl adjacent to an activating group) is 1. The Morgan fingerprint density at radius 2 is 1.73 bits per heavy atom. The molecule has 0 spiro atoms. The predicted octanol–water partition coefficient (Wildman–Crippen LogP) is 2.43. The standard InChI is InChI=1S/C31H40N4O8S/c1-21-31(40)34(2)10-3-4-11-35(29(38)8-15-44-25-6-7-26-27(19-25)42-14-13-41-26)12-5-9-32-30(39)22-16-23(36)18-24(17-22)43-20-28(37)33-21/h6-7,16-19,21,36H,3-5,8-15,20H2,1-2H3,(H,32,39)(H,33,37)/t21-/m0/s1. The molecule has 0 aromatic heterocycles. The second kappa shape index (κ2) is 16.1. The fourth-order valence-corrected chi connectivity index (χ4v) is 5.71. The Morgan fingerprint density at radius 1 is 0.977 bits per heavy atom. The van der Waals surface area contributed by atoms with E-state index in [-0.39, 0.29) is 35.5 Å². The van der Waals surface area contributed by atoms with Crippen LogP contribution in [-0.2, 0) is 14.4 Å². The fraction of sp³-hybridized carbons (Fsp3) is 0.484. The summed E-state index contributed by atoms with van der Waals surface area (Å²) in [6, 6.07) is 9.03. The van der Waals surface area contributed by atoms with Gasteiger partial charge in [0.25, 0.3) is 11.8 Å². The summed E-state index contributed by atoms with van der Waals surface area (Å²) in [7, 11) is 1.68. The molecule has 4 amide bonds. The maximum Gasteiger partial charge on any atom is 0.258 e. The van der Waals surface area contributed by atoms with Crippen molar-refractivity contribution < 1.29 is 38.5 Å². The molecular weight excluding hydrogens is 588 g/mol. The zero-order valence-electron chi connectivity index (χ0n) is 25.1. The summed E-state index contributed by atoms with van der Waals surface area (Å²) in [5.41, 5.74) is 0.170. The van der Waals surface area contributed by atoms with Crippen molar-refractivity contribution in [2.45, 2.75) is 43.5 Å². The van der Waals surface area contributed by atoms with Crippen LogP contribution in [0.25, 0.3) is 0 Å². The summed E-state index contributed by atoms with van der Waals surface area (Å²) >= 11 is 1.57. The molecule has 2 aliphatic heterocycles. The minimum absolute atomic E-state index is 0.0130. The first-order valence-corrected chi connectivity index (χ1v) is 15.8. The first-order valence-electron chi connectivity index (χ1n) is 14.8. The van der Waals surface area contributed by atoms with Crippen molar-refractivity contribution in [1.29, 1.82) is 0 Å². The van der Waals surface area contributed by atoms with Crippen LogP contribution >= 0.6 is 11.8 Å². The molecule has 1 atom stereocenters. The first-order chi connectivity index (χ1) is 21.2. The maximum atomic E-state index is 13.3. The summed E-state index contributed by atoms with van der Waals surface area (Å²) in [6.07, 6.45) is 2.24. The van der Waals surface area contributed by atoms with E-state index in [1.807, 2.05) is 18.2 Å². The van der Waals surface area contributed by atoms with E-state index < -0.39 is 17.9 Å². The largest absolute Gasteiger partial charge is 0.508 e. The van der Waals surface area contributed by atoms with Crippen molar-refractivity contribution in [2.24, 2.45) is 0 Å². The highest BCUT2D eigenvalue weighted by Gasteiger charge is 2.21. The van der Waals surface area contributed by atoms with Gasteiger partial charge in [-0.15, -0.1) is 11.8 Å². The molecule has 13 heteroatoms. The third-order valence-electron chi connectivity index (χ3n) is 7.16. The number of hydrogen-bond acceptors (Lipinski definition) is 9. The number of fused-ring (bicyclic) bond motifs is 3. The Morgan fingerprint density at radius 3 is 2.55 bits per heavy atom. The highest BCUT2D eigenvalue weighted by Crippen LogP contribution is 2.34. The number of hydrogen-bond donors (Lipinski definition) is 3. The quantitative estimate of drug-likeness (QED) is 0.435. The lowest BCUT2D eigenvalue weighted by atomic mass is 10.2. The molecule has 0 saturated heterocycles. The van der Waals surface area contributed by atoms with E-state index in [9.17, 15) is 24.3 Å². The van der Waals surface area contributed by atoms with Gasteiger partial charge < -0.3 is 39.8 Å². The number of benzene rings is 2. The molecule has 2 heterocycles. The Labute approximate surface area is 261 Å². The van der Waals surface area contributed by atoms with Crippen LogP contribution in [0.5, 0.6) is 23.0 Å². The van der Waals surface area contributed by atoms with E-state index in [4.69, 9.17) is 14.2 Å².